The molecular formula is C20H21FN3O3S. The summed E-state index contributed by atoms with van der Waals surface area (Å²) in [6.07, 6.45) is 0.580. The summed E-state index contributed by atoms with van der Waals surface area (Å²) in [7, 11) is -3.74. The Morgan fingerprint density at radius 2 is 2.07 bits per heavy atom. The number of aromatic nitrogens is 2. The molecule has 0 saturated carbocycles. The molecule has 0 fully saturated rings. The third kappa shape index (κ3) is 4.02. The van der Waals surface area contributed by atoms with Crippen LogP contribution in [-0.4, -0.2) is 29.7 Å². The van der Waals surface area contributed by atoms with Crippen molar-refractivity contribution in [2.45, 2.75) is 38.3 Å². The zero-order valence-corrected chi connectivity index (χ0v) is 16.5. The van der Waals surface area contributed by atoms with Gasteiger partial charge >= 0.3 is 0 Å². The summed E-state index contributed by atoms with van der Waals surface area (Å²) in [6.45, 7) is 3.73. The fraction of sp³-hybridized carbons (Fsp3) is 0.350. The van der Waals surface area contributed by atoms with Gasteiger partial charge in [0, 0.05) is 18.4 Å². The Bertz CT molecular complexity index is 1090. The van der Waals surface area contributed by atoms with Gasteiger partial charge in [0.25, 0.3) is 0 Å². The zero-order chi connectivity index (χ0) is 19.9. The number of nitrogens with zero attached hydrogens (tertiary/aromatic N) is 2. The van der Waals surface area contributed by atoms with E-state index in [9.17, 15) is 12.8 Å². The lowest BCUT2D eigenvalue weighted by molar-refractivity contribution is 0.0694. The van der Waals surface area contributed by atoms with Gasteiger partial charge in [0.05, 0.1) is 22.8 Å². The van der Waals surface area contributed by atoms with Crippen LogP contribution in [0.1, 0.15) is 37.7 Å². The van der Waals surface area contributed by atoms with Gasteiger partial charge in [0.1, 0.15) is 23.0 Å². The molecule has 1 aromatic heterocycles. The van der Waals surface area contributed by atoms with Gasteiger partial charge in [-0.2, -0.15) is 0 Å². The maximum absolute atomic E-state index is 13.7. The van der Waals surface area contributed by atoms with E-state index in [-0.39, 0.29) is 12.2 Å². The average molecular weight is 402 g/mol. The first-order valence-corrected chi connectivity index (χ1v) is 10.7. The maximum atomic E-state index is 13.7. The van der Waals surface area contributed by atoms with Crippen LogP contribution in [0.4, 0.5) is 4.39 Å². The normalized spacial score (nSPS) is 18.6. The van der Waals surface area contributed by atoms with Crippen molar-refractivity contribution in [3.05, 3.63) is 59.7 Å². The minimum atomic E-state index is -3.74. The van der Waals surface area contributed by atoms with Gasteiger partial charge < -0.3 is 9.72 Å². The number of hydrogen-bond acceptors (Lipinski definition) is 4. The third-order valence-electron chi connectivity index (χ3n) is 4.73. The van der Waals surface area contributed by atoms with Crippen LogP contribution in [0.25, 0.3) is 11.0 Å². The summed E-state index contributed by atoms with van der Waals surface area (Å²) < 4.78 is 48.9. The van der Waals surface area contributed by atoms with Gasteiger partial charge in [-0.1, -0.05) is 12.1 Å². The molecule has 0 amide bonds. The van der Waals surface area contributed by atoms with E-state index in [2.05, 4.69) is 14.7 Å². The number of H-pyrrole nitrogens is 1. The van der Waals surface area contributed by atoms with Crippen molar-refractivity contribution >= 4 is 21.1 Å². The molecule has 0 aliphatic carbocycles. The molecule has 28 heavy (non-hydrogen) atoms. The van der Waals surface area contributed by atoms with Crippen molar-refractivity contribution in [1.82, 2.24) is 14.7 Å². The number of halogens is 1. The van der Waals surface area contributed by atoms with Crippen molar-refractivity contribution in [3.8, 4) is 5.75 Å². The van der Waals surface area contributed by atoms with E-state index in [1.54, 1.807) is 0 Å². The van der Waals surface area contributed by atoms with Crippen LogP contribution in [0.2, 0.25) is 0 Å². The predicted octanol–water partition coefficient (Wildman–Crippen LogP) is 3.48. The molecule has 1 aliphatic heterocycles. The lowest BCUT2D eigenvalue weighted by Crippen LogP contribution is -2.39. The Kier molecular flexibility index (Phi) is 4.63. The first-order chi connectivity index (χ1) is 13.2. The number of sulfonamides is 1. The highest BCUT2D eigenvalue weighted by atomic mass is 32.2. The van der Waals surface area contributed by atoms with Gasteiger partial charge in [-0.05, 0) is 44.2 Å². The average Bonchev–Trinajstić information content (AvgIpc) is 3.03. The number of benzene rings is 2. The van der Waals surface area contributed by atoms with E-state index in [1.165, 1.54) is 18.2 Å². The Labute approximate surface area is 163 Å². The number of aromatic amines is 1. The summed E-state index contributed by atoms with van der Waals surface area (Å²) in [5, 5.41) is 0. The summed E-state index contributed by atoms with van der Waals surface area (Å²) in [5.74, 6) is 0.453. The molecular weight excluding hydrogens is 381 g/mol. The number of fused-ring (bicyclic) bond motifs is 2. The van der Waals surface area contributed by atoms with Crippen LogP contribution in [-0.2, 0) is 16.4 Å². The first kappa shape index (κ1) is 18.9. The van der Waals surface area contributed by atoms with Crippen LogP contribution in [0.15, 0.2) is 42.5 Å². The van der Waals surface area contributed by atoms with E-state index in [4.69, 9.17) is 4.74 Å². The van der Waals surface area contributed by atoms with Crippen molar-refractivity contribution in [2.75, 3.05) is 5.75 Å². The van der Waals surface area contributed by atoms with Gasteiger partial charge in [-0.3, -0.25) is 0 Å². The lowest BCUT2D eigenvalue weighted by Gasteiger charge is -2.37. The molecule has 1 atom stereocenters. The second-order valence-electron chi connectivity index (χ2n) is 7.61. The minimum absolute atomic E-state index is 0.171. The van der Waals surface area contributed by atoms with Crippen LogP contribution in [0, 0.1) is 5.82 Å². The summed E-state index contributed by atoms with van der Waals surface area (Å²) in [4.78, 5) is 7.52. The van der Waals surface area contributed by atoms with Crippen LogP contribution in [0.5, 0.6) is 5.75 Å². The zero-order valence-electron chi connectivity index (χ0n) is 15.6. The quantitative estimate of drug-likeness (QED) is 0.708. The number of aryl methyl sites for hydroxylation is 1. The number of ether oxygens (including phenoxy) is 1. The van der Waals surface area contributed by atoms with Crippen molar-refractivity contribution in [1.29, 1.82) is 0 Å². The first-order valence-electron chi connectivity index (χ1n) is 9.08. The summed E-state index contributed by atoms with van der Waals surface area (Å²) >= 11 is 0. The van der Waals surface area contributed by atoms with Crippen LogP contribution in [0.3, 0.4) is 0 Å². The smallest absolute Gasteiger partial charge is 0.228 e. The van der Waals surface area contributed by atoms with Crippen molar-refractivity contribution in [2.24, 2.45) is 0 Å². The van der Waals surface area contributed by atoms with Crippen molar-refractivity contribution in [3.63, 3.8) is 0 Å². The monoisotopic (exact) mass is 402 g/mol. The number of imidazole rings is 1. The largest absolute Gasteiger partial charge is 0.487 e. The Balaban J connectivity index is 1.51. The van der Waals surface area contributed by atoms with E-state index in [1.807, 2.05) is 38.1 Å². The molecule has 0 saturated heterocycles. The molecule has 0 spiro atoms. The van der Waals surface area contributed by atoms with Crippen LogP contribution >= 0.6 is 0 Å². The molecule has 2 heterocycles. The molecule has 1 unspecified atom stereocenters. The van der Waals surface area contributed by atoms with Crippen molar-refractivity contribution < 1.29 is 17.5 Å². The van der Waals surface area contributed by atoms with Gasteiger partial charge in [-0.15, -0.1) is 4.72 Å². The van der Waals surface area contributed by atoms with Gasteiger partial charge in [0.15, 0.2) is 0 Å². The van der Waals surface area contributed by atoms with Gasteiger partial charge in [-0.25, -0.2) is 17.8 Å². The maximum Gasteiger partial charge on any atom is 0.228 e. The summed E-state index contributed by atoms with van der Waals surface area (Å²) in [5.41, 5.74) is 1.53. The topological polar surface area (TPSA) is 86.2 Å². The summed E-state index contributed by atoms with van der Waals surface area (Å²) in [6, 6.07) is 11.0. The molecule has 4 rings (SSSR count). The Morgan fingerprint density at radius 3 is 2.86 bits per heavy atom. The molecule has 6 nitrogen and oxygen atoms in total. The number of hydrogen-bond donors (Lipinski definition) is 1. The predicted molar refractivity (Wildman–Crippen MR) is 104 cm³/mol. The highest BCUT2D eigenvalue weighted by molar-refractivity contribution is 7.89. The molecule has 8 heteroatoms. The molecule has 1 radical (unpaired) electrons. The Hall–Kier alpha value is -2.45. The van der Waals surface area contributed by atoms with Gasteiger partial charge in [0.2, 0.25) is 10.0 Å². The van der Waals surface area contributed by atoms with E-state index in [0.29, 0.717) is 23.6 Å². The fourth-order valence-corrected chi connectivity index (χ4v) is 4.61. The molecule has 3 aromatic rings. The molecule has 1 N–H and O–H groups in total. The van der Waals surface area contributed by atoms with E-state index < -0.39 is 27.5 Å². The highest BCUT2D eigenvalue weighted by Crippen LogP contribution is 2.40. The SMILES string of the molecule is CC1(C)CC([N]S(=O)(=O)CCc2nc3ccccc3[nH]2)c2cc(F)ccc2O1. The Morgan fingerprint density at radius 1 is 1.29 bits per heavy atom. The number of nitrogens with one attached hydrogen (secondary N) is 1. The fourth-order valence-electron chi connectivity index (χ4n) is 3.48. The third-order valence-corrected chi connectivity index (χ3v) is 6.02. The van der Waals surface area contributed by atoms with Crippen LogP contribution < -0.4 is 9.46 Å². The number of rotatable bonds is 5. The van der Waals surface area contributed by atoms with E-state index >= 15 is 0 Å². The second kappa shape index (κ2) is 6.86. The molecule has 147 valence electrons. The lowest BCUT2D eigenvalue weighted by atomic mass is 9.90. The molecule has 2 aromatic carbocycles. The highest BCUT2D eigenvalue weighted by Gasteiger charge is 2.37. The standard InChI is InChI=1S/C20H21FN3O3S/c1-20(2)12-17(14-11-13(21)7-8-18(14)27-20)24-28(25,26)10-9-19-22-15-5-3-4-6-16(15)23-19/h3-8,11,17H,9-10,12H2,1-2H3,(H,22,23). The van der Waals surface area contributed by atoms with E-state index in [0.717, 1.165) is 11.0 Å². The second-order valence-corrected chi connectivity index (χ2v) is 9.39. The molecule has 0 bridgehead atoms. The number of para-hydroxylation sites is 2. The minimum Gasteiger partial charge on any atom is -0.487 e. The molecule has 1 aliphatic rings.